The summed E-state index contributed by atoms with van der Waals surface area (Å²) in [5, 5.41) is 11.2. The van der Waals surface area contributed by atoms with Gasteiger partial charge in [0.05, 0.1) is 21.2 Å². The molecule has 2 rings (SSSR count). The Bertz CT molecular complexity index is 543. The molecule has 1 aromatic heterocycles. The molecule has 0 unspecified atom stereocenters. The summed E-state index contributed by atoms with van der Waals surface area (Å²) >= 11 is 1.59. The summed E-state index contributed by atoms with van der Waals surface area (Å²) in [6, 6.07) is 5.63. The molecule has 0 saturated heterocycles. The highest BCUT2D eigenvalue weighted by Crippen LogP contribution is 2.22. The van der Waals surface area contributed by atoms with Crippen LogP contribution in [0.2, 0.25) is 0 Å². The standard InChI is InChI=1S/C11H9NO2S/c1-7-12-9-4-2-8(3-5-11(13)14)6-10(9)15-7/h2-6H,1H3,(H,13,14)/p-1/b5-3+. The number of carbonyl (C=O) groups excluding carboxylic acids is 1. The number of nitrogens with zero attached hydrogens (tertiary/aromatic N) is 1. The van der Waals surface area contributed by atoms with Gasteiger partial charge >= 0.3 is 0 Å². The van der Waals surface area contributed by atoms with E-state index < -0.39 is 5.97 Å². The Hall–Kier alpha value is -1.68. The van der Waals surface area contributed by atoms with Crippen molar-refractivity contribution < 1.29 is 9.90 Å². The number of thiazole rings is 1. The van der Waals surface area contributed by atoms with Crippen molar-refractivity contribution in [1.29, 1.82) is 0 Å². The summed E-state index contributed by atoms with van der Waals surface area (Å²) in [4.78, 5) is 14.5. The highest BCUT2D eigenvalue weighted by Gasteiger charge is 1.99. The van der Waals surface area contributed by atoms with Crippen LogP contribution in [-0.4, -0.2) is 11.0 Å². The first kappa shape index (κ1) is 9.86. The van der Waals surface area contributed by atoms with Crippen molar-refractivity contribution in [3.05, 3.63) is 34.8 Å². The van der Waals surface area contributed by atoms with E-state index in [0.717, 1.165) is 26.9 Å². The van der Waals surface area contributed by atoms with Gasteiger partial charge in [0, 0.05) is 0 Å². The first-order valence-electron chi connectivity index (χ1n) is 4.41. The zero-order valence-electron chi connectivity index (χ0n) is 8.06. The molecule has 0 atom stereocenters. The van der Waals surface area contributed by atoms with Gasteiger partial charge in [0.2, 0.25) is 0 Å². The van der Waals surface area contributed by atoms with Crippen LogP contribution >= 0.6 is 11.3 Å². The highest BCUT2D eigenvalue weighted by molar-refractivity contribution is 7.18. The molecule has 0 fully saturated rings. The van der Waals surface area contributed by atoms with Gasteiger partial charge in [-0.25, -0.2) is 4.98 Å². The number of benzene rings is 1. The summed E-state index contributed by atoms with van der Waals surface area (Å²) in [6.07, 6.45) is 2.54. The van der Waals surface area contributed by atoms with Crippen molar-refractivity contribution in [3.8, 4) is 0 Å². The molecule has 0 N–H and O–H groups in total. The molecule has 4 heteroatoms. The number of carbonyl (C=O) groups is 1. The van der Waals surface area contributed by atoms with E-state index in [1.165, 1.54) is 6.08 Å². The van der Waals surface area contributed by atoms with E-state index in [1.54, 1.807) is 11.3 Å². The zero-order chi connectivity index (χ0) is 10.8. The summed E-state index contributed by atoms with van der Waals surface area (Å²) in [5.41, 5.74) is 1.79. The predicted octanol–water partition coefficient (Wildman–Crippen LogP) is 1.37. The number of fused-ring (bicyclic) bond motifs is 1. The molecule has 0 amide bonds. The van der Waals surface area contributed by atoms with Gasteiger partial charge in [-0.05, 0) is 30.7 Å². The van der Waals surface area contributed by atoms with E-state index in [4.69, 9.17) is 0 Å². The lowest BCUT2D eigenvalue weighted by Gasteiger charge is -1.94. The number of aryl methyl sites for hydroxylation is 1. The van der Waals surface area contributed by atoms with Crippen LogP contribution in [0.1, 0.15) is 10.6 Å². The molecule has 0 spiro atoms. The summed E-state index contributed by atoms with van der Waals surface area (Å²) < 4.78 is 1.06. The van der Waals surface area contributed by atoms with Gasteiger partial charge in [-0.1, -0.05) is 12.1 Å². The van der Waals surface area contributed by atoms with E-state index in [2.05, 4.69) is 4.98 Å². The first-order valence-corrected chi connectivity index (χ1v) is 5.23. The summed E-state index contributed by atoms with van der Waals surface area (Å²) in [6.45, 7) is 1.95. The fourth-order valence-corrected chi connectivity index (χ4v) is 2.20. The SMILES string of the molecule is Cc1nc2ccc(/C=C/C(=O)[O-])cc2s1. The average Bonchev–Trinajstić information content (AvgIpc) is 2.53. The molecule has 0 radical (unpaired) electrons. The van der Waals surface area contributed by atoms with Gasteiger partial charge < -0.3 is 9.90 Å². The van der Waals surface area contributed by atoms with Crippen molar-refractivity contribution >= 4 is 33.6 Å². The van der Waals surface area contributed by atoms with Crippen molar-refractivity contribution in [1.82, 2.24) is 4.98 Å². The minimum absolute atomic E-state index is 0.843. The number of aromatic nitrogens is 1. The maximum atomic E-state index is 10.2. The summed E-state index contributed by atoms with van der Waals surface area (Å²) in [5.74, 6) is -1.18. The number of rotatable bonds is 2. The van der Waals surface area contributed by atoms with E-state index in [0.29, 0.717) is 0 Å². The van der Waals surface area contributed by atoms with Gasteiger partial charge in [-0.3, -0.25) is 0 Å². The summed E-state index contributed by atoms with van der Waals surface area (Å²) in [7, 11) is 0. The predicted molar refractivity (Wildman–Crippen MR) is 58.4 cm³/mol. The van der Waals surface area contributed by atoms with Crippen LogP contribution in [0.5, 0.6) is 0 Å². The zero-order valence-corrected chi connectivity index (χ0v) is 8.88. The van der Waals surface area contributed by atoms with Gasteiger partial charge in [-0.2, -0.15) is 0 Å². The number of hydrogen-bond acceptors (Lipinski definition) is 4. The Morgan fingerprint density at radius 3 is 3.07 bits per heavy atom. The van der Waals surface area contributed by atoms with Crippen LogP contribution in [-0.2, 0) is 4.79 Å². The molecule has 0 bridgehead atoms. The molecule has 2 aromatic rings. The Labute approximate surface area is 90.7 Å². The second-order valence-corrected chi connectivity index (χ2v) is 4.35. The molecular weight excluding hydrogens is 210 g/mol. The quantitative estimate of drug-likeness (QED) is 0.715. The van der Waals surface area contributed by atoms with Gasteiger partial charge in [0.1, 0.15) is 0 Å². The Morgan fingerprint density at radius 1 is 1.53 bits per heavy atom. The van der Waals surface area contributed by atoms with Crippen molar-refractivity contribution in [2.75, 3.05) is 0 Å². The smallest absolute Gasteiger partial charge is 0.0907 e. The molecule has 3 nitrogen and oxygen atoms in total. The van der Waals surface area contributed by atoms with Crippen LogP contribution in [0.3, 0.4) is 0 Å². The third kappa shape index (κ3) is 2.22. The van der Waals surface area contributed by atoms with Crippen LogP contribution in [0.25, 0.3) is 16.3 Å². The topological polar surface area (TPSA) is 53.0 Å². The molecule has 0 aliphatic heterocycles. The molecular formula is C11H8NO2S-. The van der Waals surface area contributed by atoms with Gasteiger partial charge in [-0.15, -0.1) is 11.3 Å². The van der Waals surface area contributed by atoms with Crippen molar-refractivity contribution in [2.24, 2.45) is 0 Å². The lowest BCUT2D eigenvalue weighted by Crippen LogP contribution is -2.18. The molecule has 1 heterocycles. The maximum absolute atomic E-state index is 10.2. The Morgan fingerprint density at radius 2 is 2.33 bits per heavy atom. The lowest BCUT2D eigenvalue weighted by molar-refractivity contribution is -0.297. The second-order valence-electron chi connectivity index (χ2n) is 3.11. The molecule has 1 aromatic carbocycles. The van der Waals surface area contributed by atoms with E-state index in [1.807, 2.05) is 25.1 Å². The monoisotopic (exact) mass is 218 g/mol. The number of carboxylic acid groups (broad SMARTS) is 1. The highest BCUT2D eigenvalue weighted by atomic mass is 32.1. The van der Waals surface area contributed by atoms with E-state index >= 15 is 0 Å². The lowest BCUT2D eigenvalue weighted by atomic mass is 10.2. The fourth-order valence-electron chi connectivity index (χ4n) is 1.32. The fraction of sp³-hybridized carbons (Fsp3) is 0.0909. The minimum Gasteiger partial charge on any atom is -0.545 e. The van der Waals surface area contributed by atoms with Crippen LogP contribution in [0, 0.1) is 6.92 Å². The van der Waals surface area contributed by atoms with Gasteiger partial charge in [0.25, 0.3) is 0 Å². The number of aliphatic carboxylic acids is 1. The Balaban J connectivity index is 2.42. The average molecular weight is 218 g/mol. The van der Waals surface area contributed by atoms with E-state index in [9.17, 15) is 9.90 Å². The third-order valence-corrected chi connectivity index (χ3v) is 2.86. The number of hydrogen-bond donors (Lipinski definition) is 0. The third-order valence-electron chi connectivity index (χ3n) is 1.93. The Kier molecular flexibility index (Phi) is 2.51. The normalized spacial score (nSPS) is 11.3. The van der Waals surface area contributed by atoms with Crippen molar-refractivity contribution in [3.63, 3.8) is 0 Å². The molecule has 76 valence electrons. The first-order chi connectivity index (χ1) is 7.15. The molecule has 0 aliphatic carbocycles. The number of carboxylic acids is 1. The van der Waals surface area contributed by atoms with Crippen molar-refractivity contribution in [2.45, 2.75) is 6.92 Å². The molecule has 15 heavy (non-hydrogen) atoms. The minimum atomic E-state index is -1.18. The van der Waals surface area contributed by atoms with E-state index in [-0.39, 0.29) is 0 Å². The van der Waals surface area contributed by atoms with Crippen LogP contribution in [0.4, 0.5) is 0 Å². The van der Waals surface area contributed by atoms with Gasteiger partial charge in [0.15, 0.2) is 0 Å². The second kappa shape index (κ2) is 3.82. The van der Waals surface area contributed by atoms with Crippen LogP contribution in [0.15, 0.2) is 24.3 Å². The molecule has 0 aliphatic rings. The van der Waals surface area contributed by atoms with Crippen LogP contribution < -0.4 is 5.11 Å². The maximum Gasteiger partial charge on any atom is 0.0907 e. The largest absolute Gasteiger partial charge is 0.545 e. The molecule has 0 saturated carbocycles.